The van der Waals surface area contributed by atoms with Gasteiger partial charge in [-0.25, -0.2) is 9.79 Å². The number of aryl methyl sites for hydroxylation is 2. The number of aromatic nitrogens is 2. The quantitative estimate of drug-likeness (QED) is 0.247. The van der Waals surface area contributed by atoms with Crippen LogP contribution in [0.4, 0.5) is 0 Å². The number of ether oxygens (including phenoxy) is 1. The summed E-state index contributed by atoms with van der Waals surface area (Å²) >= 11 is 1.34. The molecule has 42 heavy (non-hydrogen) atoms. The summed E-state index contributed by atoms with van der Waals surface area (Å²) in [5, 5.41) is 0. The van der Waals surface area contributed by atoms with E-state index >= 15 is 0 Å². The van der Waals surface area contributed by atoms with Gasteiger partial charge in [0.1, 0.15) is 0 Å². The van der Waals surface area contributed by atoms with Crippen LogP contribution >= 0.6 is 11.3 Å². The van der Waals surface area contributed by atoms with Crippen molar-refractivity contribution in [3.8, 4) is 5.69 Å². The number of esters is 1. The number of hydrogen-bond acceptors (Lipinski definition) is 5. The number of benzene rings is 3. The summed E-state index contributed by atoms with van der Waals surface area (Å²) in [4.78, 5) is 33.2. The molecule has 2 aromatic heterocycles. The van der Waals surface area contributed by atoms with Gasteiger partial charge in [0.05, 0.1) is 28.5 Å². The van der Waals surface area contributed by atoms with Crippen molar-refractivity contribution in [2.45, 2.75) is 33.7 Å². The fraction of sp³-hybridized carbons (Fsp3) is 0.171. The third-order valence-electron chi connectivity index (χ3n) is 7.54. The predicted octanol–water partition coefficient (Wildman–Crippen LogP) is 5.65. The lowest BCUT2D eigenvalue weighted by atomic mass is 9.93. The van der Waals surface area contributed by atoms with Crippen molar-refractivity contribution in [1.29, 1.82) is 0 Å². The number of thiazole rings is 1. The van der Waals surface area contributed by atoms with Crippen LogP contribution in [0.25, 0.3) is 17.5 Å². The number of hydrogen-bond donors (Lipinski definition) is 0. The summed E-state index contributed by atoms with van der Waals surface area (Å²) in [6.45, 7) is 8.20. The molecular formula is C35H31N3O3S. The average Bonchev–Trinajstić information content (AvgIpc) is 3.47. The first kappa shape index (κ1) is 27.4. The lowest BCUT2D eigenvalue weighted by molar-refractivity contribution is -0.138. The molecule has 0 saturated carbocycles. The van der Waals surface area contributed by atoms with E-state index in [2.05, 4.69) is 55.7 Å². The van der Waals surface area contributed by atoms with Gasteiger partial charge >= 0.3 is 5.97 Å². The van der Waals surface area contributed by atoms with Crippen LogP contribution in [0.15, 0.2) is 106 Å². The number of carbonyl (C=O) groups excluding carboxylic acids is 1. The summed E-state index contributed by atoms with van der Waals surface area (Å²) in [5.41, 5.74) is 7.64. The molecule has 1 atom stereocenters. The first-order valence-corrected chi connectivity index (χ1v) is 14.8. The number of carbonyl (C=O) groups is 1. The Labute approximate surface area is 248 Å². The van der Waals surface area contributed by atoms with E-state index in [1.54, 1.807) is 11.5 Å². The number of fused-ring (bicyclic) bond motifs is 1. The molecule has 3 aromatic carbocycles. The molecule has 5 aromatic rings. The van der Waals surface area contributed by atoms with Crippen LogP contribution in [0, 0.1) is 20.8 Å². The van der Waals surface area contributed by atoms with Crippen LogP contribution in [0.2, 0.25) is 0 Å². The topological polar surface area (TPSA) is 65.6 Å². The van der Waals surface area contributed by atoms with Gasteiger partial charge in [-0.3, -0.25) is 9.36 Å². The molecule has 0 saturated heterocycles. The Morgan fingerprint density at radius 3 is 2.29 bits per heavy atom. The molecule has 0 fully saturated rings. The minimum atomic E-state index is -0.682. The molecule has 210 valence electrons. The second-order valence-electron chi connectivity index (χ2n) is 10.3. The maximum Gasteiger partial charge on any atom is 0.338 e. The Kier molecular flexibility index (Phi) is 7.35. The van der Waals surface area contributed by atoms with Gasteiger partial charge in [0, 0.05) is 22.6 Å². The summed E-state index contributed by atoms with van der Waals surface area (Å²) in [7, 11) is 0. The highest BCUT2D eigenvalue weighted by Gasteiger charge is 2.35. The van der Waals surface area contributed by atoms with E-state index in [4.69, 9.17) is 9.73 Å². The lowest BCUT2D eigenvalue weighted by Gasteiger charge is -2.25. The lowest BCUT2D eigenvalue weighted by Crippen LogP contribution is -2.40. The SMILES string of the molecule is CCOC(=O)C1=C(c2ccccc2)N=c2s/c(=C\c3cc(C)n(-c4ccc(C)cc4)c3C)c(=O)n2[C@H]1c1ccccc1. The van der Waals surface area contributed by atoms with Crippen molar-refractivity contribution in [3.05, 3.63) is 150 Å². The van der Waals surface area contributed by atoms with Gasteiger partial charge in [-0.2, -0.15) is 0 Å². The van der Waals surface area contributed by atoms with Crippen LogP contribution in [0.1, 0.15) is 46.6 Å². The molecule has 0 spiro atoms. The van der Waals surface area contributed by atoms with Gasteiger partial charge in [0.25, 0.3) is 5.56 Å². The number of rotatable bonds is 6. The summed E-state index contributed by atoms with van der Waals surface area (Å²) < 4.78 is 9.93. The monoisotopic (exact) mass is 573 g/mol. The summed E-state index contributed by atoms with van der Waals surface area (Å²) in [6.07, 6.45) is 1.94. The largest absolute Gasteiger partial charge is 0.463 e. The summed E-state index contributed by atoms with van der Waals surface area (Å²) in [6, 6.07) is 29.0. The van der Waals surface area contributed by atoms with Gasteiger partial charge in [0.2, 0.25) is 0 Å². The Morgan fingerprint density at radius 1 is 0.952 bits per heavy atom. The minimum Gasteiger partial charge on any atom is -0.463 e. The van der Waals surface area contributed by atoms with E-state index in [0.717, 1.165) is 33.8 Å². The van der Waals surface area contributed by atoms with Crippen molar-refractivity contribution >= 4 is 29.1 Å². The van der Waals surface area contributed by atoms with E-state index in [1.807, 2.05) is 66.7 Å². The fourth-order valence-electron chi connectivity index (χ4n) is 5.56. The normalized spacial score (nSPS) is 15.0. The van der Waals surface area contributed by atoms with Crippen molar-refractivity contribution in [2.75, 3.05) is 6.61 Å². The predicted molar refractivity (Wildman–Crippen MR) is 167 cm³/mol. The molecule has 0 amide bonds. The molecule has 1 aliphatic heterocycles. The Balaban J connectivity index is 1.59. The minimum absolute atomic E-state index is 0.193. The molecular weight excluding hydrogens is 542 g/mol. The first-order valence-electron chi connectivity index (χ1n) is 14.0. The van der Waals surface area contributed by atoms with E-state index < -0.39 is 12.0 Å². The van der Waals surface area contributed by atoms with E-state index in [-0.39, 0.29) is 12.2 Å². The molecule has 3 heterocycles. The average molecular weight is 574 g/mol. The molecule has 0 bridgehead atoms. The van der Waals surface area contributed by atoms with Crippen molar-refractivity contribution in [3.63, 3.8) is 0 Å². The van der Waals surface area contributed by atoms with E-state index in [0.29, 0.717) is 20.6 Å². The fourth-order valence-corrected chi connectivity index (χ4v) is 6.55. The molecule has 0 radical (unpaired) electrons. The second kappa shape index (κ2) is 11.3. The third kappa shape index (κ3) is 4.86. The standard InChI is InChI=1S/C35H31N3O3S/c1-5-41-34(40)30-31(25-12-8-6-9-13-25)36-35-38(32(30)26-14-10-7-11-15-26)33(39)29(42-35)21-27-20-23(3)37(24(27)4)28-18-16-22(2)17-19-28/h6-21,32H,5H2,1-4H3/b29-21-/t32-/m0/s1. The molecule has 1 aliphatic rings. The Bertz CT molecular complexity index is 2000. The molecule has 6 rings (SSSR count). The van der Waals surface area contributed by atoms with Crippen molar-refractivity contribution in [2.24, 2.45) is 4.99 Å². The number of nitrogens with zero attached hydrogens (tertiary/aromatic N) is 3. The third-order valence-corrected chi connectivity index (χ3v) is 8.52. The summed E-state index contributed by atoms with van der Waals surface area (Å²) in [5.74, 6) is -0.482. The van der Waals surface area contributed by atoms with E-state index in [1.165, 1.54) is 16.9 Å². The zero-order chi connectivity index (χ0) is 29.4. The van der Waals surface area contributed by atoms with Gasteiger partial charge in [-0.15, -0.1) is 0 Å². The second-order valence-corrected chi connectivity index (χ2v) is 11.3. The smallest absolute Gasteiger partial charge is 0.338 e. The Hall–Kier alpha value is -4.75. The molecule has 6 nitrogen and oxygen atoms in total. The molecule has 0 N–H and O–H groups in total. The maximum atomic E-state index is 14.2. The Morgan fingerprint density at radius 2 is 1.62 bits per heavy atom. The van der Waals surface area contributed by atoms with Gasteiger partial charge < -0.3 is 9.30 Å². The van der Waals surface area contributed by atoms with Gasteiger partial charge in [-0.05, 0) is 63.1 Å². The van der Waals surface area contributed by atoms with Crippen molar-refractivity contribution in [1.82, 2.24) is 9.13 Å². The van der Waals surface area contributed by atoms with Crippen LogP contribution < -0.4 is 14.9 Å². The highest BCUT2D eigenvalue weighted by molar-refractivity contribution is 7.07. The molecule has 7 heteroatoms. The zero-order valence-corrected chi connectivity index (χ0v) is 24.8. The first-order chi connectivity index (χ1) is 20.4. The van der Waals surface area contributed by atoms with Gasteiger partial charge in [-0.1, -0.05) is 89.7 Å². The van der Waals surface area contributed by atoms with Gasteiger partial charge in [0.15, 0.2) is 4.80 Å². The maximum absolute atomic E-state index is 14.2. The van der Waals surface area contributed by atoms with Crippen LogP contribution in [-0.4, -0.2) is 21.7 Å². The highest BCUT2D eigenvalue weighted by Crippen LogP contribution is 2.35. The van der Waals surface area contributed by atoms with Crippen LogP contribution in [0.5, 0.6) is 0 Å². The van der Waals surface area contributed by atoms with Crippen LogP contribution in [0.3, 0.4) is 0 Å². The van der Waals surface area contributed by atoms with Crippen LogP contribution in [-0.2, 0) is 9.53 Å². The zero-order valence-electron chi connectivity index (χ0n) is 24.0. The van der Waals surface area contributed by atoms with E-state index in [9.17, 15) is 9.59 Å². The van der Waals surface area contributed by atoms with Crippen molar-refractivity contribution < 1.29 is 9.53 Å². The highest BCUT2D eigenvalue weighted by atomic mass is 32.1. The molecule has 0 unspecified atom stereocenters. The molecule has 0 aliphatic carbocycles.